The van der Waals surface area contributed by atoms with E-state index < -0.39 is 11.7 Å². The second-order valence-electron chi connectivity index (χ2n) is 5.87. The van der Waals surface area contributed by atoms with Gasteiger partial charge in [0, 0.05) is 11.6 Å². The fraction of sp³-hybridized carbons (Fsp3) is 0.235. The highest BCUT2D eigenvalue weighted by Gasteiger charge is 2.34. The number of anilines is 2. The monoisotopic (exact) mass is 380 g/mol. The predicted molar refractivity (Wildman–Crippen MR) is 93.6 cm³/mol. The molecule has 0 saturated carbocycles. The van der Waals surface area contributed by atoms with Crippen molar-refractivity contribution in [1.29, 1.82) is 0 Å². The molecule has 0 amide bonds. The maximum Gasteiger partial charge on any atom is 0.416 e. The van der Waals surface area contributed by atoms with Crippen molar-refractivity contribution in [2.24, 2.45) is 0 Å². The molecule has 0 radical (unpaired) electrons. The molecule has 0 aliphatic carbocycles. The van der Waals surface area contributed by atoms with E-state index in [9.17, 15) is 18.3 Å². The number of aromatic hydroxyl groups is 1. The van der Waals surface area contributed by atoms with E-state index in [1.165, 1.54) is 29.8 Å². The molecule has 0 saturated heterocycles. The summed E-state index contributed by atoms with van der Waals surface area (Å²) in [5, 5.41) is 14.2. The molecule has 3 aromatic rings. The fourth-order valence-corrected chi connectivity index (χ4v) is 3.05. The first-order chi connectivity index (χ1) is 12.2. The van der Waals surface area contributed by atoms with E-state index in [2.05, 4.69) is 20.3 Å². The lowest BCUT2D eigenvalue weighted by Crippen LogP contribution is -2.11. The Kier molecular flexibility index (Phi) is 4.82. The number of halogens is 3. The lowest BCUT2D eigenvalue weighted by Gasteiger charge is -2.16. The molecule has 136 valence electrons. The van der Waals surface area contributed by atoms with Crippen LogP contribution in [0.15, 0.2) is 36.0 Å². The Balaban J connectivity index is 1.86. The minimum absolute atomic E-state index is 0.0384. The van der Waals surface area contributed by atoms with Crippen LogP contribution in [-0.2, 0) is 6.18 Å². The maximum absolute atomic E-state index is 13.3. The van der Waals surface area contributed by atoms with Crippen molar-refractivity contribution in [1.82, 2.24) is 15.0 Å². The second kappa shape index (κ2) is 6.91. The number of alkyl halides is 3. The Hall–Kier alpha value is -2.68. The van der Waals surface area contributed by atoms with Gasteiger partial charge in [0.05, 0.1) is 17.5 Å². The number of pyridine rings is 2. The Morgan fingerprint density at radius 1 is 1.12 bits per heavy atom. The molecule has 26 heavy (non-hydrogen) atoms. The summed E-state index contributed by atoms with van der Waals surface area (Å²) in [7, 11) is 0. The van der Waals surface area contributed by atoms with Crippen LogP contribution in [-0.4, -0.2) is 20.1 Å². The third-order valence-corrected chi connectivity index (χ3v) is 4.37. The first-order valence-electron chi connectivity index (χ1n) is 7.69. The van der Waals surface area contributed by atoms with Crippen molar-refractivity contribution >= 4 is 22.3 Å². The van der Waals surface area contributed by atoms with Crippen molar-refractivity contribution in [3.63, 3.8) is 0 Å². The molecule has 0 unspecified atom stereocenters. The van der Waals surface area contributed by atoms with Gasteiger partial charge in [-0.25, -0.2) is 9.97 Å². The summed E-state index contributed by atoms with van der Waals surface area (Å²) >= 11 is 1.22. The SMILES string of the molecule is CC(C)c1cnc(Nc2nc(-c3ccc(O)cn3)cs2)cc1C(F)(F)F. The van der Waals surface area contributed by atoms with Crippen LogP contribution in [0.2, 0.25) is 0 Å². The lowest BCUT2D eigenvalue weighted by atomic mass is 9.99. The Morgan fingerprint density at radius 3 is 2.50 bits per heavy atom. The van der Waals surface area contributed by atoms with Gasteiger partial charge in [-0.3, -0.25) is 4.98 Å². The van der Waals surface area contributed by atoms with Gasteiger partial charge in [0.1, 0.15) is 17.3 Å². The van der Waals surface area contributed by atoms with Gasteiger partial charge < -0.3 is 10.4 Å². The van der Waals surface area contributed by atoms with Crippen LogP contribution in [0, 0.1) is 0 Å². The molecule has 3 aromatic heterocycles. The summed E-state index contributed by atoms with van der Waals surface area (Å²) in [4.78, 5) is 12.4. The molecule has 0 aliphatic rings. The number of aromatic nitrogens is 3. The molecule has 3 rings (SSSR count). The highest BCUT2D eigenvalue weighted by atomic mass is 32.1. The highest BCUT2D eigenvalue weighted by molar-refractivity contribution is 7.14. The van der Waals surface area contributed by atoms with Crippen molar-refractivity contribution in [2.45, 2.75) is 25.9 Å². The summed E-state index contributed by atoms with van der Waals surface area (Å²) in [5.74, 6) is -0.182. The quantitative estimate of drug-likeness (QED) is 0.652. The molecule has 0 aliphatic heterocycles. The van der Waals surface area contributed by atoms with Crippen LogP contribution in [0.25, 0.3) is 11.4 Å². The number of hydrogen-bond acceptors (Lipinski definition) is 6. The van der Waals surface area contributed by atoms with Crippen LogP contribution in [0.5, 0.6) is 5.75 Å². The number of nitrogens with one attached hydrogen (secondary N) is 1. The van der Waals surface area contributed by atoms with E-state index in [1.54, 1.807) is 25.3 Å². The minimum atomic E-state index is -4.46. The molecule has 5 nitrogen and oxygen atoms in total. The van der Waals surface area contributed by atoms with Gasteiger partial charge in [-0.1, -0.05) is 13.8 Å². The van der Waals surface area contributed by atoms with Gasteiger partial charge in [0.25, 0.3) is 0 Å². The molecular formula is C17H15F3N4OS. The van der Waals surface area contributed by atoms with Gasteiger partial charge in [0.15, 0.2) is 5.13 Å². The van der Waals surface area contributed by atoms with Gasteiger partial charge in [-0.2, -0.15) is 13.2 Å². The molecular weight excluding hydrogens is 365 g/mol. The van der Waals surface area contributed by atoms with Crippen LogP contribution in [0.1, 0.15) is 30.9 Å². The number of nitrogens with zero attached hydrogens (tertiary/aromatic N) is 3. The largest absolute Gasteiger partial charge is 0.506 e. The van der Waals surface area contributed by atoms with Gasteiger partial charge in [0.2, 0.25) is 0 Å². The van der Waals surface area contributed by atoms with E-state index >= 15 is 0 Å². The summed E-state index contributed by atoms with van der Waals surface area (Å²) < 4.78 is 39.9. The Bertz CT molecular complexity index is 907. The van der Waals surface area contributed by atoms with Crippen LogP contribution < -0.4 is 5.32 Å². The Labute approximate surface area is 151 Å². The molecule has 3 heterocycles. The zero-order valence-corrected chi connectivity index (χ0v) is 14.7. The third-order valence-electron chi connectivity index (χ3n) is 3.61. The van der Waals surface area contributed by atoms with Gasteiger partial charge >= 0.3 is 6.18 Å². The van der Waals surface area contributed by atoms with E-state index in [0.29, 0.717) is 16.5 Å². The number of thiazole rings is 1. The molecule has 9 heteroatoms. The molecule has 0 spiro atoms. The first kappa shape index (κ1) is 18.1. The summed E-state index contributed by atoms with van der Waals surface area (Å²) in [5.41, 5.74) is 0.539. The van der Waals surface area contributed by atoms with Crippen molar-refractivity contribution in [2.75, 3.05) is 5.32 Å². The molecule has 0 atom stereocenters. The fourth-order valence-electron chi connectivity index (χ4n) is 2.34. The van der Waals surface area contributed by atoms with Crippen molar-refractivity contribution in [3.8, 4) is 17.1 Å². The van der Waals surface area contributed by atoms with E-state index in [-0.39, 0.29) is 23.0 Å². The number of rotatable bonds is 4. The first-order valence-corrected chi connectivity index (χ1v) is 8.57. The van der Waals surface area contributed by atoms with Crippen molar-refractivity contribution < 1.29 is 18.3 Å². The van der Waals surface area contributed by atoms with E-state index in [1.807, 2.05) is 0 Å². The van der Waals surface area contributed by atoms with Crippen LogP contribution in [0.3, 0.4) is 0 Å². The third kappa shape index (κ3) is 3.93. The zero-order valence-electron chi connectivity index (χ0n) is 13.9. The maximum atomic E-state index is 13.3. The predicted octanol–water partition coefficient (Wildman–Crippen LogP) is 5.19. The minimum Gasteiger partial charge on any atom is -0.506 e. The average molecular weight is 380 g/mol. The average Bonchev–Trinajstić information content (AvgIpc) is 3.03. The van der Waals surface area contributed by atoms with E-state index in [0.717, 1.165) is 6.07 Å². The number of hydrogen-bond donors (Lipinski definition) is 2. The lowest BCUT2D eigenvalue weighted by molar-refractivity contribution is -0.138. The van der Waals surface area contributed by atoms with Crippen LogP contribution in [0.4, 0.5) is 24.1 Å². The second-order valence-corrected chi connectivity index (χ2v) is 6.73. The van der Waals surface area contributed by atoms with Gasteiger partial charge in [-0.15, -0.1) is 11.3 Å². The van der Waals surface area contributed by atoms with E-state index in [4.69, 9.17) is 0 Å². The van der Waals surface area contributed by atoms with Crippen molar-refractivity contribution in [3.05, 3.63) is 47.1 Å². The zero-order chi connectivity index (χ0) is 18.9. The smallest absolute Gasteiger partial charge is 0.416 e. The van der Waals surface area contributed by atoms with Gasteiger partial charge in [-0.05, 0) is 29.7 Å². The molecule has 2 N–H and O–H groups in total. The summed E-state index contributed by atoms with van der Waals surface area (Å²) in [6, 6.07) is 4.08. The normalized spacial score (nSPS) is 11.8. The molecule has 0 aromatic carbocycles. The highest BCUT2D eigenvalue weighted by Crippen LogP contribution is 2.36. The van der Waals surface area contributed by atoms with Crippen LogP contribution >= 0.6 is 11.3 Å². The summed E-state index contributed by atoms with van der Waals surface area (Å²) in [6.45, 7) is 3.38. The summed E-state index contributed by atoms with van der Waals surface area (Å²) in [6.07, 6.45) is -1.92. The standard InChI is InChI=1S/C17H15F3N4OS/c1-9(2)11-7-22-15(5-12(11)17(18,19)20)24-16-23-14(8-26-16)13-4-3-10(25)6-21-13/h3-9,25H,1-2H3,(H,22,23,24). The Morgan fingerprint density at radius 2 is 1.88 bits per heavy atom. The molecule has 0 bridgehead atoms. The molecule has 0 fully saturated rings. The topological polar surface area (TPSA) is 70.9 Å².